The molecule has 4 aromatic carbocycles. The van der Waals surface area contributed by atoms with E-state index in [0.717, 1.165) is 17.2 Å². The van der Waals surface area contributed by atoms with Gasteiger partial charge in [0.25, 0.3) is 5.91 Å². The van der Waals surface area contributed by atoms with Crippen molar-refractivity contribution < 1.29 is 42.1 Å². The number of carbonyl (C=O) groups is 2. The Morgan fingerprint density at radius 2 is 1.50 bits per heavy atom. The molecule has 274 valence electrons. The van der Waals surface area contributed by atoms with Crippen molar-refractivity contribution in [3.05, 3.63) is 125 Å². The molecule has 1 aliphatic heterocycles. The summed E-state index contributed by atoms with van der Waals surface area (Å²) in [6.07, 6.45) is -5.53. The van der Waals surface area contributed by atoms with Gasteiger partial charge in [-0.25, -0.2) is 10.4 Å². The average Bonchev–Trinajstić information content (AvgIpc) is 3.51. The van der Waals surface area contributed by atoms with Crippen molar-refractivity contribution in [1.82, 2.24) is 10.9 Å². The minimum atomic E-state index is -4.59. The number of esters is 1. The van der Waals surface area contributed by atoms with Gasteiger partial charge < -0.3 is 19.3 Å². The number of carbonyl (C=O) groups excluding carboxylic acids is 2. The Kier molecular flexibility index (Phi) is 12.0. The summed E-state index contributed by atoms with van der Waals surface area (Å²) in [7, 11) is 0. The second-order valence-electron chi connectivity index (χ2n) is 13.3. The van der Waals surface area contributed by atoms with Crippen molar-refractivity contribution in [2.75, 3.05) is 13.2 Å². The van der Waals surface area contributed by atoms with Crippen LogP contribution >= 0.6 is 0 Å². The molecule has 0 unspecified atom stereocenters. The number of rotatable bonds is 14. The molecule has 5 rings (SSSR count). The van der Waals surface area contributed by atoms with Crippen LogP contribution in [-0.4, -0.2) is 47.2 Å². The van der Waals surface area contributed by atoms with E-state index in [0.29, 0.717) is 29.9 Å². The van der Waals surface area contributed by atoms with E-state index in [2.05, 4.69) is 10.9 Å². The van der Waals surface area contributed by atoms with Crippen LogP contribution in [0.4, 0.5) is 13.2 Å². The number of alkyl halides is 3. The zero-order valence-corrected chi connectivity index (χ0v) is 29.2. The molecule has 0 bridgehead atoms. The van der Waals surface area contributed by atoms with Crippen molar-refractivity contribution in [1.29, 1.82) is 0 Å². The normalized spacial score (nSPS) is 17.2. The fraction of sp³-hybridized carbons (Fsp3) is 0.325. The third-order valence-corrected chi connectivity index (χ3v) is 8.28. The predicted molar refractivity (Wildman–Crippen MR) is 190 cm³/mol. The Morgan fingerprint density at radius 3 is 2.15 bits per heavy atom. The van der Waals surface area contributed by atoms with Gasteiger partial charge in [0, 0.05) is 31.6 Å². The first-order chi connectivity index (χ1) is 24.8. The van der Waals surface area contributed by atoms with Crippen LogP contribution in [-0.2, 0) is 31.8 Å². The summed E-state index contributed by atoms with van der Waals surface area (Å²) in [5.41, 5.74) is 4.81. The molecule has 9 nitrogen and oxygen atoms in total. The minimum absolute atomic E-state index is 0.00636. The molecular formula is C40H42F3N3O6. The highest BCUT2D eigenvalue weighted by molar-refractivity contribution is 6.01. The maximum absolute atomic E-state index is 14.4. The van der Waals surface area contributed by atoms with Crippen molar-refractivity contribution in [2.24, 2.45) is 4.99 Å². The number of aliphatic hydroxyl groups excluding tert-OH is 1. The number of ether oxygens (including phenoxy) is 3. The molecule has 0 radical (unpaired) electrons. The molecule has 0 saturated carbocycles. The summed E-state index contributed by atoms with van der Waals surface area (Å²) in [6.45, 7) is 5.18. The number of hydrogen-bond acceptors (Lipinski definition) is 8. The fourth-order valence-corrected chi connectivity index (χ4v) is 5.82. The van der Waals surface area contributed by atoms with E-state index in [1.54, 1.807) is 45.0 Å². The molecule has 0 fully saturated rings. The molecule has 1 amide bonds. The standard InChI is InChI=1S/C40H42F3N3O6/c1-38(2,3)52-34(48)22-23-39(37(49)46-44-26-31-12-7-8-13-33(31)40(41,42)43)35(29-16-14-28(15-17-29)27-10-5-4-6-11-27)51-36(45-39)30-18-20-32(21-19-30)50-25-9-24-47/h4-8,10-21,35,44,47H,9,22-26H2,1-3H3,(H,46,49)/t35-,39-/m0/s1. The van der Waals surface area contributed by atoms with Gasteiger partial charge in [-0.1, -0.05) is 72.8 Å². The molecule has 0 aliphatic carbocycles. The lowest BCUT2D eigenvalue weighted by Gasteiger charge is -2.31. The first-order valence-electron chi connectivity index (χ1n) is 17.0. The van der Waals surface area contributed by atoms with Gasteiger partial charge in [-0.15, -0.1) is 0 Å². The van der Waals surface area contributed by atoms with Crippen molar-refractivity contribution in [3.63, 3.8) is 0 Å². The van der Waals surface area contributed by atoms with Gasteiger partial charge >= 0.3 is 12.1 Å². The van der Waals surface area contributed by atoms with Crippen LogP contribution in [0.15, 0.2) is 108 Å². The Balaban J connectivity index is 1.51. The summed E-state index contributed by atoms with van der Waals surface area (Å²) in [5.74, 6) is -0.587. The van der Waals surface area contributed by atoms with Gasteiger partial charge in [-0.2, -0.15) is 13.2 Å². The molecule has 3 N–H and O–H groups in total. The summed E-state index contributed by atoms with van der Waals surface area (Å²) < 4.78 is 58.8. The zero-order chi connectivity index (χ0) is 37.4. The maximum atomic E-state index is 14.4. The van der Waals surface area contributed by atoms with Gasteiger partial charge in [0.1, 0.15) is 11.4 Å². The Bertz CT molecular complexity index is 1840. The molecule has 0 spiro atoms. The SMILES string of the molecule is CC(C)(C)OC(=O)CC[C@]1(C(=O)NNCc2ccccc2C(F)(F)F)N=C(c2ccc(OCCCO)cc2)O[C@H]1c1ccc(-c2ccccc2)cc1. The first kappa shape index (κ1) is 38.0. The lowest BCUT2D eigenvalue weighted by molar-refractivity contribution is -0.155. The largest absolute Gasteiger partial charge is 0.494 e. The van der Waals surface area contributed by atoms with E-state index >= 15 is 0 Å². The predicted octanol–water partition coefficient (Wildman–Crippen LogP) is 7.33. The highest BCUT2D eigenvalue weighted by Crippen LogP contribution is 2.44. The van der Waals surface area contributed by atoms with Crippen LogP contribution in [0.3, 0.4) is 0 Å². The van der Waals surface area contributed by atoms with Crippen LogP contribution < -0.4 is 15.6 Å². The average molecular weight is 718 g/mol. The van der Waals surface area contributed by atoms with Gasteiger partial charge in [0.15, 0.2) is 11.6 Å². The Labute approximate surface area is 300 Å². The molecule has 0 aromatic heterocycles. The van der Waals surface area contributed by atoms with E-state index in [9.17, 15) is 22.8 Å². The van der Waals surface area contributed by atoms with E-state index in [1.165, 1.54) is 18.2 Å². The molecule has 1 aliphatic rings. The summed E-state index contributed by atoms with van der Waals surface area (Å²) in [4.78, 5) is 32.3. The van der Waals surface area contributed by atoms with Crippen molar-refractivity contribution in [2.45, 2.75) is 70.0 Å². The number of benzene rings is 4. The molecule has 1 heterocycles. The molecule has 0 saturated heterocycles. The number of nitrogens with zero attached hydrogens (tertiary/aromatic N) is 1. The summed E-state index contributed by atoms with van der Waals surface area (Å²) >= 11 is 0. The second-order valence-corrected chi connectivity index (χ2v) is 13.3. The van der Waals surface area contributed by atoms with Crippen LogP contribution in [0, 0.1) is 0 Å². The van der Waals surface area contributed by atoms with Gasteiger partial charge in [-0.3, -0.25) is 15.0 Å². The monoisotopic (exact) mass is 717 g/mol. The lowest BCUT2D eigenvalue weighted by atomic mass is 9.83. The van der Waals surface area contributed by atoms with Gasteiger partial charge in [-0.05, 0) is 79.8 Å². The number of hydrogen-bond donors (Lipinski definition) is 3. The minimum Gasteiger partial charge on any atom is -0.494 e. The van der Waals surface area contributed by atoms with Crippen LogP contribution in [0.5, 0.6) is 5.75 Å². The Morgan fingerprint density at radius 1 is 0.865 bits per heavy atom. The second kappa shape index (κ2) is 16.4. The molecule has 4 aromatic rings. The van der Waals surface area contributed by atoms with E-state index < -0.39 is 40.9 Å². The zero-order valence-electron chi connectivity index (χ0n) is 29.2. The summed E-state index contributed by atoms with van der Waals surface area (Å²) in [6, 6.07) is 29.1. The van der Waals surface area contributed by atoms with E-state index in [4.69, 9.17) is 24.3 Å². The van der Waals surface area contributed by atoms with Crippen molar-refractivity contribution >= 4 is 17.8 Å². The van der Waals surface area contributed by atoms with E-state index in [1.807, 2.05) is 54.6 Å². The van der Waals surface area contributed by atoms with Crippen LogP contribution in [0.2, 0.25) is 0 Å². The molecular weight excluding hydrogens is 675 g/mol. The fourth-order valence-electron chi connectivity index (χ4n) is 5.82. The van der Waals surface area contributed by atoms with Crippen LogP contribution in [0.25, 0.3) is 11.1 Å². The molecule has 12 heteroatoms. The highest BCUT2D eigenvalue weighted by atomic mass is 19.4. The molecule has 2 atom stereocenters. The summed E-state index contributed by atoms with van der Waals surface area (Å²) in [5, 5.41) is 9.08. The smallest absolute Gasteiger partial charge is 0.416 e. The lowest BCUT2D eigenvalue weighted by Crippen LogP contribution is -2.52. The van der Waals surface area contributed by atoms with E-state index in [-0.39, 0.29) is 37.5 Å². The highest BCUT2D eigenvalue weighted by Gasteiger charge is 2.53. The third kappa shape index (κ3) is 9.56. The van der Waals surface area contributed by atoms with Crippen molar-refractivity contribution in [3.8, 4) is 16.9 Å². The van der Waals surface area contributed by atoms with Crippen LogP contribution in [0.1, 0.15) is 68.4 Å². The number of aliphatic imine (C=N–C) groups is 1. The number of halogens is 3. The Hall–Kier alpha value is -5.20. The third-order valence-electron chi connectivity index (χ3n) is 8.28. The number of aliphatic hydroxyl groups is 1. The van der Waals surface area contributed by atoms with Gasteiger partial charge in [0.05, 0.1) is 12.2 Å². The maximum Gasteiger partial charge on any atom is 0.416 e. The van der Waals surface area contributed by atoms with Gasteiger partial charge in [0.2, 0.25) is 5.90 Å². The quantitative estimate of drug-likeness (QED) is 0.0710. The number of hydrazine groups is 1. The molecule has 52 heavy (non-hydrogen) atoms. The number of amides is 1. The number of nitrogens with one attached hydrogen (secondary N) is 2. The first-order valence-corrected chi connectivity index (χ1v) is 17.0. The topological polar surface area (TPSA) is 118 Å².